The van der Waals surface area contributed by atoms with E-state index in [0.717, 1.165) is 5.56 Å². The first kappa shape index (κ1) is 12.2. The van der Waals surface area contributed by atoms with E-state index in [0.29, 0.717) is 17.2 Å². The van der Waals surface area contributed by atoms with Gasteiger partial charge in [-0.2, -0.15) is 0 Å². The normalized spacial score (nSPS) is 9.39. The third-order valence-electron chi connectivity index (χ3n) is 2.04. The SMILES string of the molecule is NCC#Cc1cccc(C(=O)Nc2nncs2)c1. The van der Waals surface area contributed by atoms with Crippen molar-refractivity contribution in [3.8, 4) is 11.8 Å². The van der Waals surface area contributed by atoms with Crippen molar-refractivity contribution in [2.45, 2.75) is 0 Å². The third kappa shape index (κ3) is 3.13. The lowest BCUT2D eigenvalue weighted by atomic mass is 10.1. The Hall–Kier alpha value is -2.23. The van der Waals surface area contributed by atoms with Gasteiger partial charge >= 0.3 is 0 Å². The summed E-state index contributed by atoms with van der Waals surface area (Å²) in [4.78, 5) is 11.9. The fraction of sp³-hybridized carbons (Fsp3) is 0.0833. The quantitative estimate of drug-likeness (QED) is 0.790. The van der Waals surface area contributed by atoms with Crippen LogP contribution in [0.1, 0.15) is 15.9 Å². The Labute approximate surface area is 108 Å². The second kappa shape index (κ2) is 5.91. The van der Waals surface area contributed by atoms with Crippen molar-refractivity contribution in [3.63, 3.8) is 0 Å². The molecule has 90 valence electrons. The highest BCUT2D eigenvalue weighted by Crippen LogP contribution is 2.11. The number of nitrogens with one attached hydrogen (secondary N) is 1. The van der Waals surface area contributed by atoms with Gasteiger partial charge in [0.05, 0.1) is 6.54 Å². The molecule has 0 aliphatic heterocycles. The van der Waals surface area contributed by atoms with Crippen molar-refractivity contribution in [2.24, 2.45) is 5.73 Å². The zero-order chi connectivity index (χ0) is 12.8. The van der Waals surface area contributed by atoms with E-state index in [1.54, 1.807) is 23.7 Å². The molecule has 0 radical (unpaired) electrons. The average molecular weight is 258 g/mol. The minimum atomic E-state index is -0.233. The summed E-state index contributed by atoms with van der Waals surface area (Å²) < 4.78 is 0. The van der Waals surface area contributed by atoms with Gasteiger partial charge in [-0.15, -0.1) is 10.2 Å². The summed E-state index contributed by atoms with van der Waals surface area (Å²) >= 11 is 1.27. The van der Waals surface area contributed by atoms with Gasteiger partial charge in [0.15, 0.2) is 0 Å². The maximum atomic E-state index is 11.9. The van der Waals surface area contributed by atoms with E-state index in [9.17, 15) is 4.79 Å². The van der Waals surface area contributed by atoms with E-state index in [1.165, 1.54) is 11.3 Å². The molecule has 0 fully saturated rings. The summed E-state index contributed by atoms with van der Waals surface area (Å²) in [5.74, 6) is 5.39. The molecule has 0 unspecified atom stereocenters. The zero-order valence-electron chi connectivity index (χ0n) is 9.38. The van der Waals surface area contributed by atoms with Crippen LogP contribution in [0.2, 0.25) is 0 Å². The number of nitrogens with two attached hydrogens (primary N) is 1. The Morgan fingerprint density at radius 1 is 1.50 bits per heavy atom. The fourth-order valence-corrected chi connectivity index (χ4v) is 1.73. The van der Waals surface area contributed by atoms with Crippen LogP contribution in [0, 0.1) is 11.8 Å². The maximum absolute atomic E-state index is 11.9. The molecule has 0 aliphatic rings. The zero-order valence-corrected chi connectivity index (χ0v) is 10.2. The smallest absolute Gasteiger partial charge is 0.257 e. The second-order valence-electron chi connectivity index (χ2n) is 3.28. The molecular weight excluding hydrogens is 248 g/mol. The summed E-state index contributed by atoms with van der Waals surface area (Å²) in [5.41, 5.74) is 8.13. The first-order chi connectivity index (χ1) is 8.79. The van der Waals surface area contributed by atoms with Crippen LogP contribution < -0.4 is 11.1 Å². The van der Waals surface area contributed by atoms with E-state index >= 15 is 0 Å². The van der Waals surface area contributed by atoms with Crippen LogP contribution in [0.25, 0.3) is 0 Å². The molecule has 0 saturated carbocycles. The first-order valence-corrected chi connectivity index (χ1v) is 6.04. The lowest BCUT2D eigenvalue weighted by Gasteiger charge is -2.01. The Kier molecular flexibility index (Phi) is 4.02. The molecule has 0 aliphatic carbocycles. The van der Waals surface area contributed by atoms with Crippen LogP contribution in [0.15, 0.2) is 29.8 Å². The number of nitrogens with zero attached hydrogens (tertiary/aromatic N) is 2. The predicted octanol–water partition coefficient (Wildman–Crippen LogP) is 1.10. The topological polar surface area (TPSA) is 80.9 Å². The van der Waals surface area contributed by atoms with E-state index in [4.69, 9.17) is 5.73 Å². The molecule has 1 aromatic heterocycles. The first-order valence-electron chi connectivity index (χ1n) is 5.16. The number of hydrogen-bond acceptors (Lipinski definition) is 5. The number of carbonyl (C=O) groups is 1. The molecule has 18 heavy (non-hydrogen) atoms. The van der Waals surface area contributed by atoms with Crippen LogP contribution in [-0.2, 0) is 0 Å². The highest BCUT2D eigenvalue weighted by Gasteiger charge is 2.07. The minimum Gasteiger partial charge on any atom is -0.320 e. The Bertz CT molecular complexity index is 598. The molecule has 1 amide bonds. The number of hydrogen-bond donors (Lipinski definition) is 2. The fourth-order valence-electron chi connectivity index (χ4n) is 1.29. The number of carbonyl (C=O) groups excluding carboxylic acids is 1. The van der Waals surface area contributed by atoms with Crippen molar-refractivity contribution in [1.82, 2.24) is 10.2 Å². The van der Waals surface area contributed by atoms with Gasteiger partial charge in [-0.3, -0.25) is 10.1 Å². The molecule has 0 bridgehead atoms. The third-order valence-corrected chi connectivity index (χ3v) is 2.65. The maximum Gasteiger partial charge on any atom is 0.257 e. The molecule has 1 aromatic carbocycles. The monoisotopic (exact) mass is 258 g/mol. The van der Waals surface area contributed by atoms with Crippen molar-refractivity contribution in [3.05, 3.63) is 40.9 Å². The van der Waals surface area contributed by atoms with Gasteiger partial charge in [0, 0.05) is 11.1 Å². The summed E-state index contributed by atoms with van der Waals surface area (Å²) in [5, 5.41) is 10.5. The van der Waals surface area contributed by atoms with Crippen LogP contribution in [0.3, 0.4) is 0 Å². The molecule has 2 aromatic rings. The predicted molar refractivity (Wildman–Crippen MR) is 70.2 cm³/mol. The lowest BCUT2D eigenvalue weighted by molar-refractivity contribution is 0.102. The van der Waals surface area contributed by atoms with Crippen LogP contribution in [0.4, 0.5) is 5.13 Å². The van der Waals surface area contributed by atoms with Gasteiger partial charge in [0.2, 0.25) is 5.13 Å². The molecule has 0 saturated heterocycles. The Morgan fingerprint density at radius 3 is 3.11 bits per heavy atom. The molecule has 1 heterocycles. The summed E-state index contributed by atoms with van der Waals surface area (Å²) in [6.07, 6.45) is 0. The van der Waals surface area contributed by atoms with E-state index in [1.807, 2.05) is 6.07 Å². The van der Waals surface area contributed by atoms with Gasteiger partial charge in [-0.1, -0.05) is 29.2 Å². The summed E-state index contributed by atoms with van der Waals surface area (Å²) in [6, 6.07) is 7.02. The van der Waals surface area contributed by atoms with Crippen molar-refractivity contribution in [2.75, 3.05) is 11.9 Å². The van der Waals surface area contributed by atoms with Gasteiger partial charge in [0.1, 0.15) is 5.51 Å². The van der Waals surface area contributed by atoms with Gasteiger partial charge in [-0.05, 0) is 18.2 Å². The number of anilines is 1. The molecule has 6 heteroatoms. The Balaban J connectivity index is 2.15. The Morgan fingerprint density at radius 2 is 2.39 bits per heavy atom. The van der Waals surface area contributed by atoms with E-state index < -0.39 is 0 Å². The van der Waals surface area contributed by atoms with E-state index in [2.05, 4.69) is 27.4 Å². The largest absolute Gasteiger partial charge is 0.320 e. The van der Waals surface area contributed by atoms with Gasteiger partial charge in [0.25, 0.3) is 5.91 Å². The molecule has 0 atom stereocenters. The molecule has 0 spiro atoms. The van der Waals surface area contributed by atoms with Gasteiger partial charge < -0.3 is 5.73 Å². The van der Waals surface area contributed by atoms with Crippen molar-refractivity contribution < 1.29 is 4.79 Å². The second-order valence-corrected chi connectivity index (χ2v) is 4.12. The van der Waals surface area contributed by atoms with Crippen molar-refractivity contribution in [1.29, 1.82) is 0 Å². The number of benzene rings is 1. The van der Waals surface area contributed by atoms with Crippen LogP contribution in [0.5, 0.6) is 0 Å². The summed E-state index contributed by atoms with van der Waals surface area (Å²) in [6.45, 7) is 0.293. The lowest BCUT2D eigenvalue weighted by Crippen LogP contribution is -2.11. The molecular formula is C12H10N4OS. The van der Waals surface area contributed by atoms with Crippen LogP contribution in [-0.4, -0.2) is 22.6 Å². The summed E-state index contributed by atoms with van der Waals surface area (Å²) in [7, 11) is 0. The number of amides is 1. The van der Waals surface area contributed by atoms with E-state index in [-0.39, 0.29) is 5.91 Å². The average Bonchev–Trinajstić information content (AvgIpc) is 2.89. The van der Waals surface area contributed by atoms with Crippen LogP contribution >= 0.6 is 11.3 Å². The highest BCUT2D eigenvalue weighted by atomic mass is 32.1. The van der Waals surface area contributed by atoms with Gasteiger partial charge in [-0.25, -0.2) is 0 Å². The molecule has 2 rings (SSSR count). The van der Waals surface area contributed by atoms with Crippen molar-refractivity contribution >= 4 is 22.4 Å². The molecule has 3 N–H and O–H groups in total. The molecule has 5 nitrogen and oxygen atoms in total. The standard InChI is InChI=1S/C12H10N4OS/c13-6-2-4-9-3-1-5-10(7-9)11(17)15-12-16-14-8-18-12/h1,3,5,7-8H,6,13H2,(H,15,16,17). The highest BCUT2D eigenvalue weighted by molar-refractivity contribution is 7.13. The number of aromatic nitrogens is 2. The minimum absolute atomic E-state index is 0.233. The number of rotatable bonds is 2.